The number of methoxy groups -OCH3 is 1. The molecule has 0 radical (unpaired) electrons. The lowest BCUT2D eigenvalue weighted by atomic mass is 10.1. The number of rotatable bonds is 6. The van der Waals surface area contributed by atoms with Crippen LogP contribution in [0.5, 0.6) is 5.75 Å². The van der Waals surface area contributed by atoms with Crippen molar-refractivity contribution >= 4 is 11.6 Å². The molecule has 100 valence electrons. The summed E-state index contributed by atoms with van der Waals surface area (Å²) in [5.74, 6) is 1.35. The van der Waals surface area contributed by atoms with E-state index in [1.165, 1.54) is 0 Å². The first-order valence-electron chi connectivity index (χ1n) is 6.29. The van der Waals surface area contributed by atoms with Crippen molar-refractivity contribution < 1.29 is 9.84 Å². The molecule has 1 N–H and O–H groups in total. The first kappa shape index (κ1) is 13.7. The summed E-state index contributed by atoms with van der Waals surface area (Å²) >= 11 is 6.00. The molecule has 0 heterocycles. The Morgan fingerprint density at radius 2 is 2.22 bits per heavy atom. The van der Waals surface area contributed by atoms with E-state index in [1.54, 1.807) is 7.11 Å². The fraction of sp³-hybridized carbons (Fsp3) is 0.571. The van der Waals surface area contributed by atoms with Crippen molar-refractivity contribution in [2.75, 3.05) is 20.7 Å². The summed E-state index contributed by atoms with van der Waals surface area (Å²) in [6.45, 7) is 1.42. The quantitative estimate of drug-likeness (QED) is 0.862. The summed E-state index contributed by atoms with van der Waals surface area (Å²) in [6, 6.07) is 5.62. The Labute approximate surface area is 113 Å². The summed E-state index contributed by atoms with van der Waals surface area (Å²) in [5.41, 5.74) is 1.05. The van der Waals surface area contributed by atoms with E-state index in [9.17, 15) is 5.11 Å². The zero-order chi connectivity index (χ0) is 13.1. The van der Waals surface area contributed by atoms with E-state index in [2.05, 4.69) is 4.90 Å². The van der Waals surface area contributed by atoms with E-state index < -0.39 is 0 Å². The van der Waals surface area contributed by atoms with Crippen LogP contribution in [0.25, 0.3) is 0 Å². The number of nitrogens with zero attached hydrogens (tertiary/aromatic N) is 1. The first-order chi connectivity index (χ1) is 8.60. The third-order valence-corrected chi connectivity index (χ3v) is 3.58. The van der Waals surface area contributed by atoms with Gasteiger partial charge in [-0.05, 0) is 44.0 Å². The monoisotopic (exact) mass is 269 g/mol. The molecule has 1 aliphatic carbocycles. The van der Waals surface area contributed by atoms with Gasteiger partial charge in [0.15, 0.2) is 0 Å². The maximum Gasteiger partial charge on any atom is 0.123 e. The van der Waals surface area contributed by atoms with Gasteiger partial charge in [0.25, 0.3) is 0 Å². The highest BCUT2D eigenvalue weighted by atomic mass is 35.5. The minimum absolute atomic E-state index is 0.208. The number of benzene rings is 1. The van der Waals surface area contributed by atoms with Crippen molar-refractivity contribution in [1.82, 2.24) is 4.90 Å². The second kappa shape index (κ2) is 5.91. The van der Waals surface area contributed by atoms with Crippen LogP contribution in [0.3, 0.4) is 0 Å². The van der Waals surface area contributed by atoms with Crippen LogP contribution in [0.1, 0.15) is 18.4 Å². The van der Waals surface area contributed by atoms with Crippen LogP contribution in [-0.4, -0.2) is 36.8 Å². The molecule has 0 amide bonds. The largest absolute Gasteiger partial charge is 0.496 e. The van der Waals surface area contributed by atoms with Crippen molar-refractivity contribution in [3.05, 3.63) is 28.8 Å². The highest BCUT2D eigenvalue weighted by Crippen LogP contribution is 2.33. The van der Waals surface area contributed by atoms with Crippen LogP contribution in [-0.2, 0) is 6.54 Å². The van der Waals surface area contributed by atoms with Gasteiger partial charge in [-0.3, -0.25) is 4.90 Å². The number of aliphatic hydroxyl groups excluding tert-OH is 1. The maximum atomic E-state index is 9.92. The van der Waals surface area contributed by atoms with Gasteiger partial charge in [-0.2, -0.15) is 0 Å². The Morgan fingerprint density at radius 1 is 1.50 bits per heavy atom. The molecule has 1 fully saturated rings. The fourth-order valence-corrected chi connectivity index (χ4v) is 2.37. The van der Waals surface area contributed by atoms with Crippen molar-refractivity contribution in [2.45, 2.75) is 25.5 Å². The maximum absolute atomic E-state index is 9.92. The third-order valence-electron chi connectivity index (χ3n) is 3.35. The molecular weight excluding hydrogens is 250 g/mol. The summed E-state index contributed by atoms with van der Waals surface area (Å²) in [6.07, 6.45) is 2.12. The second-order valence-corrected chi connectivity index (χ2v) is 5.49. The molecule has 1 saturated carbocycles. The third kappa shape index (κ3) is 3.61. The van der Waals surface area contributed by atoms with E-state index in [0.29, 0.717) is 17.5 Å². The molecule has 0 spiro atoms. The minimum atomic E-state index is -0.208. The van der Waals surface area contributed by atoms with Gasteiger partial charge < -0.3 is 9.84 Å². The Balaban J connectivity index is 1.96. The summed E-state index contributed by atoms with van der Waals surface area (Å²) in [5, 5.41) is 10.6. The molecule has 2 rings (SSSR count). The summed E-state index contributed by atoms with van der Waals surface area (Å²) < 4.78 is 5.32. The lowest BCUT2D eigenvalue weighted by molar-refractivity contribution is 0.104. The molecule has 4 heteroatoms. The lowest BCUT2D eigenvalue weighted by Crippen LogP contribution is -2.30. The molecule has 0 saturated heterocycles. The van der Waals surface area contributed by atoms with E-state index >= 15 is 0 Å². The number of halogens is 1. The number of hydrogen-bond acceptors (Lipinski definition) is 3. The Bertz CT molecular complexity index is 407. The molecule has 18 heavy (non-hydrogen) atoms. The number of ether oxygens (including phenoxy) is 1. The Hall–Kier alpha value is -0.770. The molecule has 0 aromatic heterocycles. The van der Waals surface area contributed by atoms with Crippen molar-refractivity contribution in [3.8, 4) is 5.75 Å². The lowest BCUT2D eigenvalue weighted by Gasteiger charge is -2.21. The second-order valence-electron chi connectivity index (χ2n) is 5.06. The van der Waals surface area contributed by atoms with Crippen LogP contribution in [0.4, 0.5) is 0 Å². The van der Waals surface area contributed by atoms with Gasteiger partial charge in [0.1, 0.15) is 5.75 Å². The fourth-order valence-electron chi connectivity index (χ4n) is 2.18. The molecule has 1 aromatic rings. The number of hydrogen-bond donors (Lipinski definition) is 1. The average Bonchev–Trinajstić information content (AvgIpc) is 3.12. The molecule has 1 atom stereocenters. The average molecular weight is 270 g/mol. The standard InChI is InChI=1S/C14H20ClNO2/c1-16(9-13(17)10-3-4-10)8-11-7-12(15)5-6-14(11)18-2/h5-7,10,13,17H,3-4,8-9H2,1-2H3. The number of aliphatic hydroxyl groups is 1. The predicted molar refractivity (Wildman–Crippen MR) is 73.1 cm³/mol. The highest BCUT2D eigenvalue weighted by molar-refractivity contribution is 6.30. The molecule has 3 nitrogen and oxygen atoms in total. The van der Waals surface area contributed by atoms with E-state index in [4.69, 9.17) is 16.3 Å². The van der Waals surface area contributed by atoms with Crippen LogP contribution < -0.4 is 4.74 Å². The Kier molecular flexibility index (Phi) is 4.49. The topological polar surface area (TPSA) is 32.7 Å². The van der Waals surface area contributed by atoms with Gasteiger partial charge in [-0.15, -0.1) is 0 Å². The number of likely N-dealkylation sites (N-methyl/N-ethyl adjacent to an activating group) is 1. The summed E-state index contributed by atoms with van der Waals surface area (Å²) in [4.78, 5) is 2.11. The minimum Gasteiger partial charge on any atom is -0.496 e. The van der Waals surface area contributed by atoms with Crippen molar-refractivity contribution in [1.29, 1.82) is 0 Å². The molecule has 0 aliphatic heterocycles. The molecule has 1 unspecified atom stereocenters. The normalized spacial score (nSPS) is 16.9. The predicted octanol–water partition coefficient (Wildman–Crippen LogP) is 2.55. The van der Waals surface area contributed by atoms with Crippen molar-refractivity contribution in [2.24, 2.45) is 5.92 Å². The zero-order valence-electron chi connectivity index (χ0n) is 10.9. The smallest absolute Gasteiger partial charge is 0.123 e. The van der Waals surface area contributed by atoms with Gasteiger partial charge in [0, 0.05) is 23.7 Å². The van der Waals surface area contributed by atoms with Gasteiger partial charge in [0.05, 0.1) is 13.2 Å². The zero-order valence-corrected chi connectivity index (χ0v) is 11.7. The van der Waals surface area contributed by atoms with E-state index in [-0.39, 0.29) is 6.10 Å². The van der Waals surface area contributed by atoms with Crippen LogP contribution >= 0.6 is 11.6 Å². The van der Waals surface area contributed by atoms with E-state index in [1.807, 2.05) is 25.2 Å². The van der Waals surface area contributed by atoms with Crippen LogP contribution in [0.15, 0.2) is 18.2 Å². The molecule has 0 bridgehead atoms. The molecular formula is C14H20ClNO2. The van der Waals surface area contributed by atoms with Gasteiger partial charge in [0.2, 0.25) is 0 Å². The van der Waals surface area contributed by atoms with E-state index in [0.717, 1.165) is 30.7 Å². The van der Waals surface area contributed by atoms with Gasteiger partial charge >= 0.3 is 0 Å². The van der Waals surface area contributed by atoms with Crippen molar-refractivity contribution in [3.63, 3.8) is 0 Å². The van der Waals surface area contributed by atoms with Crippen LogP contribution in [0.2, 0.25) is 5.02 Å². The molecule has 1 aromatic carbocycles. The SMILES string of the molecule is COc1ccc(Cl)cc1CN(C)CC(O)C1CC1. The molecule has 1 aliphatic rings. The van der Waals surface area contributed by atoms with Gasteiger partial charge in [-0.1, -0.05) is 11.6 Å². The summed E-state index contributed by atoms with van der Waals surface area (Å²) in [7, 11) is 3.66. The van der Waals surface area contributed by atoms with Gasteiger partial charge in [-0.25, -0.2) is 0 Å². The Morgan fingerprint density at radius 3 is 2.83 bits per heavy atom. The highest BCUT2D eigenvalue weighted by Gasteiger charge is 2.30. The van der Waals surface area contributed by atoms with Crippen LogP contribution in [0, 0.1) is 5.92 Å². The first-order valence-corrected chi connectivity index (χ1v) is 6.67.